The predicted octanol–water partition coefficient (Wildman–Crippen LogP) is 2.50. The molecule has 4 rings (SSSR count). The fourth-order valence-corrected chi connectivity index (χ4v) is 3.75. The highest BCUT2D eigenvalue weighted by molar-refractivity contribution is 5.94. The number of H-pyrrole nitrogens is 1. The highest BCUT2D eigenvalue weighted by atomic mass is 16.5. The van der Waals surface area contributed by atoms with E-state index >= 15 is 0 Å². The summed E-state index contributed by atoms with van der Waals surface area (Å²) in [6, 6.07) is 5.82. The molecule has 25 heavy (non-hydrogen) atoms. The predicted molar refractivity (Wildman–Crippen MR) is 93.2 cm³/mol. The van der Waals surface area contributed by atoms with E-state index in [9.17, 15) is 4.79 Å². The van der Waals surface area contributed by atoms with E-state index in [2.05, 4.69) is 15.2 Å². The Kier molecular flexibility index (Phi) is 4.78. The summed E-state index contributed by atoms with van der Waals surface area (Å²) in [5.74, 6) is 0.0468. The van der Waals surface area contributed by atoms with E-state index in [1.165, 1.54) is 6.42 Å². The van der Waals surface area contributed by atoms with Crippen LogP contribution in [0.2, 0.25) is 0 Å². The number of amides is 1. The van der Waals surface area contributed by atoms with Gasteiger partial charge in [-0.25, -0.2) is 0 Å². The maximum atomic E-state index is 12.9. The average molecular weight is 340 g/mol. The number of likely N-dealkylation sites (tertiary alicyclic amines) is 1. The van der Waals surface area contributed by atoms with E-state index in [1.807, 2.05) is 23.1 Å². The fourth-order valence-electron chi connectivity index (χ4n) is 3.75. The van der Waals surface area contributed by atoms with Crippen molar-refractivity contribution in [2.75, 3.05) is 13.1 Å². The number of aromatic nitrogens is 3. The summed E-state index contributed by atoms with van der Waals surface area (Å²) in [6.45, 7) is 1.91. The van der Waals surface area contributed by atoms with E-state index in [1.54, 1.807) is 6.20 Å². The zero-order valence-electron chi connectivity index (χ0n) is 14.4. The van der Waals surface area contributed by atoms with Gasteiger partial charge in [0.2, 0.25) is 0 Å². The molecule has 1 aliphatic heterocycles. The highest BCUT2D eigenvalue weighted by Crippen LogP contribution is 2.24. The van der Waals surface area contributed by atoms with Crippen molar-refractivity contribution in [1.29, 1.82) is 0 Å². The van der Waals surface area contributed by atoms with Gasteiger partial charge in [-0.1, -0.05) is 6.07 Å². The lowest BCUT2D eigenvalue weighted by molar-refractivity contribution is -0.00804. The van der Waals surface area contributed by atoms with Crippen molar-refractivity contribution < 1.29 is 9.53 Å². The highest BCUT2D eigenvalue weighted by Gasteiger charge is 2.29. The molecule has 1 fully saturated rings. The van der Waals surface area contributed by atoms with Crippen molar-refractivity contribution in [3.8, 4) is 0 Å². The summed E-state index contributed by atoms with van der Waals surface area (Å²) >= 11 is 0. The van der Waals surface area contributed by atoms with Gasteiger partial charge in [0, 0.05) is 30.5 Å². The Labute approximate surface area is 147 Å². The van der Waals surface area contributed by atoms with Crippen LogP contribution in [0, 0.1) is 0 Å². The fraction of sp³-hybridized carbons (Fsp3) is 0.526. The number of rotatable bonds is 4. The van der Waals surface area contributed by atoms with Gasteiger partial charge in [0.05, 0.1) is 18.4 Å². The molecule has 3 heterocycles. The zero-order valence-corrected chi connectivity index (χ0v) is 14.4. The lowest BCUT2D eigenvalue weighted by atomic mass is 9.95. The summed E-state index contributed by atoms with van der Waals surface area (Å²) < 4.78 is 5.99. The van der Waals surface area contributed by atoms with Crippen molar-refractivity contribution in [3.63, 3.8) is 0 Å². The summed E-state index contributed by atoms with van der Waals surface area (Å²) in [5.41, 5.74) is 3.83. The average Bonchev–Trinajstić information content (AvgIpc) is 3.11. The molecule has 1 N–H and O–H groups in total. The number of aromatic amines is 1. The maximum absolute atomic E-state index is 12.9. The molecule has 0 radical (unpaired) electrons. The number of pyridine rings is 1. The van der Waals surface area contributed by atoms with Crippen LogP contribution in [0.4, 0.5) is 0 Å². The van der Waals surface area contributed by atoms with Crippen molar-refractivity contribution in [3.05, 3.63) is 47.0 Å². The van der Waals surface area contributed by atoms with Gasteiger partial charge in [-0.3, -0.25) is 14.9 Å². The largest absolute Gasteiger partial charge is 0.370 e. The minimum Gasteiger partial charge on any atom is -0.370 e. The number of hydrogen-bond acceptors (Lipinski definition) is 4. The zero-order chi connectivity index (χ0) is 17.1. The lowest BCUT2D eigenvalue weighted by Crippen LogP contribution is -2.43. The third-order valence-corrected chi connectivity index (χ3v) is 5.12. The Morgan fingerprint density at radius 2 is 2.20 bits per heavy atom. The van der Waals surface area contributed by atoms with Crippen molar-refractivity contribution in [2.45, 2.75) is 51.2 Å². The Balaban J connectivity index is 1.39. The van der Waals surface area contributed by atoms with E-state index in [0.29, 0.717) is 18.8 Å². The number of hydrogen-bond donors (Lipinski definition) is 1. The standard InChI is InChI=1S/C19H24N4O2/c24-19(18-16-8-1-2-9-17(16)21-22-18)23-11-5-7-15(12-23)25-13-14-6-3-4-10-20-14/h3-4,6,10,15H,1-2,5,7-9,11-13H2,(H,21,22)/t15-/m1/s1. The molecule has 2 aromatic rings. The van der Waals surface area contributed by atoms with Crippen LogP contribution >= 0.6 is 0 Å². The number of aryl methyl sites for hydroxylation is 1. The molecule has 1 atom stereocenters. The molecule has 0 aromatic carbocycles. The number of fused-ring (bicyclic) bond motifs is 1. The third kappa shape index (κ3) is 3.58. The molecule has 1 aliphatic carbocycles. The Hall–Kier alpha value is -2.21. The number of piperidine rings is 1. The normalized spacial score (nSPS) is 20.3. The van der Waals surface area contributed by atoms with Gasteiger partial charge in [0.25, 0.3) is 5.91 Å². The molecule has 1 amide bonds. The second-order valence-electron chi connectivity index (χ2n) is 6.88. The summed E-state index contributed by atoms with van der Waals surface area (Å²) in [4.78, 5) is 19.1. The first-order chi connectivity index (χ1) is 12.3. The molecular formula is C19H24N4O2. The minimum absolute atomic E-state index is 0.0468. The van der Waals surface area contributed by atoms with Crippen LogP contribution in [0.3, 0.4) is 0 Å². The number of carbonyl (C=O) groups excluding carboxylic acids is 1. The Bertz CT molecular complexity index is 728. The topological polar surface area (TPSA) is 71.1 Å². The third-order valence-electron chi connectivity index (χ3n) is 5.12. The molecule has 132 valence electrons. The van der Waals surface area contributed by atoms with Gasteiger partial charge < -0.3 is 9.64 Å². The second kappa shape index (κ2) is 7.35. The number of nitrogens with one attached hydrogen (secondary N) is 1. The van der Waals surface area contributed by atoms with Crippen LogP contribution in [-0.2, 0) is 24.2 Å². The molecule has 2 aliphatic rings. The molecule has 0 unspecified atom stereocenters. The Morgan fingerprint density at radius 3 is 3.08 bits per heavy atom. The van der Waals surface area contributed by atoms with Gasteiger partial charge >= 0.3 is 0 Å². The van der Waals surface area contributed by atoms with Crippen LogP contribution in [-0.4, -0.2) is 45.2 Å². The molecule has 2 aromatic heterocycles. The first-order valence-electron chi connectivity index (χ1n) is 9.18. The van der Waals surface area contributed by atoms with E-state index in [0.717, 1.165) is 55.6 Å². The van der Waals surface area contributed by atoms with Gasteiger partial charge in [-0.05, 0) is 50.7 Å². The van der Waals surface area contributed by atoms with Gasteiger partial charge in [-0.15, -0.1) is 0 Å². The second-order valence-corrected chi connectivity index (χ2v) is 6.88. The van der Waals surface area contributed by atoms with Gasteiger partial charge in [0.1, 0.15) is 0 Å². The SMILES string of the molecule is O=C(c1n[nH]c2c1CCCC2)N1CCC[C@@H](OCc2ccccn2)C1. The van der Waals surface area contributed by atoms with Gasteiger partial charge in [0.15, 0.2) is 5.69 Å². The van der Waals surface area contributed by atoms with E-state index < -0.39 is 0 Å². The van der Waals surface area contributed by atoms with Crippen molar-refractivity contribution >= 4 is 5.91 Å². The van der Waals surface area contributed by atoms with Crippen LogP contribution in [0.25, 0.3) is 0 Å². The van der Waals surface area contributed by atoms with Crippen LogP contribution in [0.1, 0.15) is 53.1 Å². The molecule has 6 nitrogen and oxygen atoms in total. The summed E-state index contributed by atoms with van der Waals surface area (Å²) in [6.07, 6.45) is 8.07. The monoisotopic (exact) mass is 340 g/mol. The van der Waals surface area contributed by atoms with E-state index in [-0.39, 0.29) is 12.0 Å². The summed E-state index contributed by atoms with van der Waals surface area (Å²) in [5, 5.41) is 7.39. The number of carbonyl (C=O) groups is 1. The number of nitrogens with zero attached hydrogens (tertiary/aromatic N) is 3. The van der Waals surface area contributed by atoms with Crippen molar-refractivity contribution in [1.82, 2.24) is 20.1 Å². The van der Waals surface area contributed by atoms with Gasteiger partial charge in [-0.2, -0.15) is 5.10 Å². The smallest absolute Gasteiger partial charge is 0.274 e. The van der Waals surface area contributed by atoms with Crippen molar-refractivity contribution in [2.24, 2.45) is 0 Å². The van der Waals surface area contributed by atoms with Crippen LogP contribution in [0.15, 0.2) is 24.4 Å². The number of ether oxygens (including phenoxy) is 1. The minimum atomic E-state index is 0.0468. The first kappa shape index (κ1) is 16.3. The molecule has 0 spiro atoms. The molecular weight excluding hydrogens is 316 g/mol. The molecule has 6 heteroatoms. The molecule has 0 bridgehead atoms. The van der Waals surface area contributed by atoms with Crippen LogP contribution < -0.4 is 0 Å². The van der Waals surface area contributed by atoms with Crippen LogP contribution in [0.5, 0.6) is 0 Å². The lowest BCUT2D eigenvalue weighted by Gasteiger charge is -2.32. The Morgan fingerprint density at radius 1 is 1.28 bits per heavy atom. The summed E-state index contributed by atoms with van der Waals surface area (Å²) in [7, 11) is 0. The first-order valence-corrected chi connectivity index (χ1v) is 9.18. The van der Waals surface area contributed by atoms with E-state index in [4.69, 9.17) is 4.74 Å². The molecule has 0 saturated carbocycles. The quantitative estimate of drug-likeness (QED) is 0.928. The maximum Gasteiger partial charge on any atom is 0.274 e. The molecule has 1 saturated heterocycles.